The van der Waals surface area contributed by atoms with E-state index in [1.54, 1.807) is 12.1 Å². The maximum absolute atomic E-state index is 14.8. The quantitative estimate of drug-likeness (QED) is 0.310. The first-order chi connectivity index (χ1) is 14.4. The minimum Gasteiger partial charge on any atom is -0.207 e. The zero-order chi connectivity index (χ0) is 21.4. The Kier molecular flexibility index (Phi) is 5.63. The molecule has 0 nitrogen and oxygen atoms in total. The lowest BCUT2D eigenvalue weighted by molar-refractivity contribution is 0.447. The number of hydrogen-bond acceptors (Lipinski definition) is 0. The largest absolute Gasteiger partial charge is 0.207 e. The van der Waals surface area contributed by atoms with Crippen molar-refractivity contribution >= 4 is 0 Å². The van der Waals surface area contributed by atoms with E-state index in [2.05, 4.69) is 0 Å². The van der Waals surface area contributed by atoms with E-state index in [0.29, 0.717) is 24.8 Å². The Bertz CT molecular complexity index is 1080. The molecule has 0 saturated carbocycles. The fourth-order valence-corrected chi connectivity index (χ4v) is 4.32. The molecule has 0 bridgehead atoms. The van der Waals surface area contributed by atoms with Gasteiger partial charge in [0.1, 0.15) is 11.6 Å². The van der Waals surface area contributed by atoms with E-state index in [-0.39, 0.29) is 22.9 Å². The van der Waals surface area contributed by atoms with Crippen molar-refractivity contribution in [1.82, 2.24) is 0 Å². The van der Waals surface area contributed by atoms with Crippen molar-refractivity contribution in [1.29, 1.82) is 0 Å². The van der Waals surface area contributed by atoms with Crippen molar-refractivity contribution < 1.29 is 22.0 Å². The Morgan fingerprint density at radius 1 is 0.800 bits per heavy atom. The first-order valence-electron chi connectivity index (χ1n) is 10.1. The summed E-state index contributed by atoms with van der Waals surface area (Å²) < 4.78 is 69.8. The smallest absolute Gasteiger partial charge is 0.194 e. The van der Waals surface area contributed by atoms with E-state index in [0.717, 1.165) is 41.7 Å². The number of aryl methyl sites for hydroxylation is 2. The van der Waals surface area contributed by atoms with Gasteiger partial charge in [-0.3, -0.25) is 0 Å². The molecule has 30 heavy (non-hydrogen) atoms. The van der Waals surface area contributed by atoms with Gasteiger partial charge >= 0.3 is 0 Å². The summed E-state index contributed by atoms with van der Waals surface area (Å²) in [4.78, 5) is 0. The molecule has 4 rings (SSSR count). The van der Waals surface area contributed by atoms with Crippen molar-refractivity contribution in [2.75, 3.05) is 0 Å². The summed E-state index contributed by atoms with van der Waals surface area (Å²) in [5.74, 6) is -5.22. The summed E-state index contributed by atoms with van der Waals surface area (Å²) >= 11 is 0. The van der Waals surface area contributed by atoms with E-state index in [1.807, 2.05) is 19.1 Å². The predicted molar refractivity (Wildman–Crippen MR) is 107 cm³/mol. The number of rotatable bonds is 4. The second-order valence-electron chi connectivity index (χ2n) is 7.90. The van der Waals surface area contributed by atoms with Gasteiger partial charge in [0.05, 0.1) is 0 Å². The molecule has 1 atom stereocenters. The van der Waals surface area contributed by atoms with Crippen molar-refractivity contribution in [2.24, 2.45) is 0 Å². The highest BCUT2D eigenvalue weighted by Gasteiger charge is 2.25. The van der Waals surface area contributed by atoms with E-state index in [1.165, 1.54) is 6.07 Å². The monoisotopic (exact) mass is 416 g/mol. The molecular weight excluding hydrogens is 395 g/mol. The molecule has 0 radical (unpaired) electrons. The molecule has 1 aliphatic rings. The van der Waals surface area contributed by atoms with E-state index in [9.17, 15) is 22.0 Å². The Morgan fingerprint density at radius 3 is 2.20 bits per heavy atom. The van der Waals surface area contributed by atoms with Crippen LogP contribution in [0.2, 0.25) is 0 Å². The van der Waals surface area contributed by atoms with E-state index in [4.69, 9.17) is 0 Å². The Hall–Kier alpha value is -2.69. The summed E-state index contributed by atoms with van der Waals surface area (Å²) in [6.45, 7) is 2.04. The second kappa shape index (κ2) is 8.21. The fraction of sp³-hybridized carbons (Fsp3) is 0.280. The fourth-order valence-electron chi connectivity index (χ4n) is 4.32. The van der Waals surface area contributed by atoms with Crippen LogP contribution in [0.25, 0.3) is 11.1 Å². The van der Waals surface area contributed by atoms with E-state index < -0.39 is 23.3 Å². The molecule has 1 unspecified atom stereocenters. The summed E-state index contributed by atoms with van der Waals surface area (Å²) in [7, 11) is 0. The van der Waals surface area contributed by atoms with Gasteiger partial charge in [0.15, 0.2) is 17.5 Å². The van der Waals surface area contributed by atoms with Crippen molar-refractivity contribution in [3.8, 4) is 11.1 Å². The van der Waals surface area contributed by atoms with Gasteiger partial charge in [-0.1, -0.05) is 25.5 Å². The zero-order valence-electron chi connectivity index (χ0n) is 16.5. The molecule has 0 spiro atoms. The highest BCUT2D eigenvalue weighted by atomic mass is 19.2. The van der Waals surface area contributed by atoms with Crippen LogP contribution in [0.5, 0.6) is 0 Å². The van der Waals surface area contributed by atoms with Crippen molar-refractivity contribution in [3.63, 3.8) is 0 Å². The summed E-state index contributed by atoms with van der Waals surface area (Å²) in [5, 5.41) is 0. The lowest BCUT2D eigenvalue weighted by Gasteiger charge is -2.26. The minimum atomic E-state index is -1.58. The van der Waals surface area contributed by atoms with Crippen LogP contribution in [0.4, 0.5) is 22.0 Å². The molecule has 3 aromatic rings. The van der Waals surface area contributed by atoms with Crippen molar-refractivity contribution in [3.05, 3.63) is 93.8 Å². The molecule has 0 aliphatic heterocycles. The van der Waals surface area contributed by atoms with Gasteiger partial charge in [-0.25, -0.2) is 22.0 Å². The molecule has 0 saturated heterocycles. The lowest BCUT2D eigenvalue weighted by Crippen LogP contribution is -2.15. The standard InChI is InChI=1S/C25H21F5/c1-2-3-14-4-7-19(21(26)8-14)16-6-5-15-10-20(22(27)11-17(15)9-16)18-12-23(28)25(30)24(29)13-18/h4,7-8,10-13,16H,2-3,5-6,9H2,1H3. The second-order valence-corrected chi connectivity index (χ2v) is 7.90. The Labute approximate surface area is 172 Å². The SMILES string of the molecule is CCCc1ccc(C2CCc3cc(-c4cc(F)c(F)c(F)c4)c(F)cc3C2)c(F)c1. The van der Waals surface area contributed by atoms with Gasteiger partial charge in [-0.15, -0.1) is 0 Å². The normalized spacial score (nSPS) is 15.9. The number of fused-ring (bicyclic) bond motifs is 1. The van der Waals surface area contributed by atoms with Gasteiger partial charge in [0.25, 0.3) is 0 Å². The summed E-state index contributed by atoms with van der Waals surface area (Å²) in [6, 6.07) is 9.84. The van der Waals surface area contributed by atoms with Crippen LogP contribution in [-0.2, 0) is 19.3 Å². The van der Waals surface area contributed by atoms with Crippen LogP contribution in [0.3, 0.4) is 0 Å². The van der Waals surface area contributed by atoms with Crippen LogP contribution in [0.1, 0.15) is 47.9 Å². The highest BCUT2D eigenvalue weighted by Crippen LogP contribution is 2.37. The number of hydrogen-bond donors (Lipinski definition) is 0. The van der Waals surface area contributed by atoms with Crippen LogP contribution < -0.4 is 0 Å². The third kappa shape index (κ3) is 3.85. The third-order valence-electron chi connectivity index (χ3n) is 5.86. The zero-order valence-corrected chi connectivity index (χ0v) is 16.5. The molecule has 0 amide bonds. The van der Waals surface area contributed by atoms with Gasteiger partial charge in [0, 0.05) is 5.56 Å². The third-order valence-corrected chi connectivity index (χ3v) is 5.86. The first-order valence-corrected chi connectivity index (χ1v) is 10.1. The van der Waals surface area contributed by atoms with Crippen LogP contribution >= 0.6 is 0 Å². The molecule has 0 fully saturated rings. The van der Waals surface area contributed by atoms with Crippen LogP contribution in [-0.4, -0.2) is 0 Å². The van der Waals surface area contributed by atoms with Gasteiger partial charge < -0.3 is 0 Å². The van der Waals surface area contributed by atoms with Crippen molar-refractivity contribution in [2.45, 2.75) is 44.9 Å². The van der Waals surface area contributed by atoms with Gasteiger partial charge in [-0.05, 0) is 89.8 Å². The molecular formula is C25H21F5. The molecule has 5 heteroatoms. The summed E-state index contributed by atoms with van der Waals surface area (Å²) in [6.07, 6.45) is 3.54. The molecule has 3 aromatic carbocycles. The molecule has 0 aromatic heterocycles. The molecule has 1 aliphatic carbocycles. The van der Waals surface area contributed by atoms with E-state index >= 15 is 0 Å². The first kappa shape index (κ1) is 20.6. The average Bonchev–Trinajstić information content (AvgIpc) is 2.71. The lowest BCUT2D eigenvalue weighted by atomic mass is 9.79. The average molecular weight is 416 g/mol. The predicted octanol–water partition coefficient (Wildman–Crippen LogP) is 7.27. The maximum atomic E-state index is 14.8. The molecule has 156 valence electrons. The van der Waals surface area contributed by atoms with Gasteiger partial charge in [-0.2, -0.15) is 0 Å². The Morgan fingerprint density at radius 2 is 1.53 bits per heavy atom. The van der Waals surface area contributed by atoms with Gasteiger partial charge in [0.2, 0.25) is 0 Å². The molecule has 0 heterocycles. The minimum absolute atomic E-state index is 0.0279. The number of halogens is 5. The topological polar surface area (TPSA) is 0 Å². The van der Waals surface area contributed by atoms with Crippen LogP contribution in [0.15, 0.2) is 42.5 Å². The number of benzene rings is 3. The van der Waals surface area contributed by atoms with Crippen LogP contribution in [0, 0.1) is 29.1 Å². The maximum Gasteiger partial charge on any atom is 0.194 e. The summed E-state index contributed by atoms with van der Waals surface area (Å²) in [5.41, 5.74) is 3.19. The molecule has 0 N–H and O–H groups in total. The Balaban J connectivity index is 1.64. The highest BCUT2D eigenvalue weighted by molar-refractivity contribution is 5.66.